The van der Waals surface area contributed by atoms with Crippen molar-refractivity contribution in [3.8, 4) is 0 Å². The van der Waals surface area contributed by atoms with E-state index in [0.29, 0.717) is 24.3 Å². The molecule has 1 aliphatic carbocycles. The maximum Gasteiger partial charge on any atom is 0.223 e. The molecule has 0 aromatic carbocycles. The molecule has 162 valence electrons. The monoisotopic (exact) mass is 410 g/mol. The van der Waals surface area contributed by atoms with Crippen LogP contribution < -0.4 is 5.32 Å². The Bertz CT molecular complexity index is 881. The van der Waals surface area contributed by atoms with Gasteiger partial charge in [0.2, 0.25) is 5.91 Å². The van der Waals surface area contributed by atoms with Gasteiger partial charge in [0.15, 0.2) is 11.5 Å². The number of pyridine rings is 1. The Morgan fingerprint density at radius 1 is 1.10 bits per heavy atom. The Morgan fingerprint density at radius 3 is 2.70 bits per heavy atom. The zero-order valence-corrected chi connectivity index (χ0v) is 18.1. The predicted molar refractivity (Wildman–Crippen MR) is 118 cm³/mol. The van der Waals surface area contributed by atoms with Crippen LogP contribution in [-0.4, -0.2) is 63.6 Å². The third-order valence-electron chi connectivity index (χ3n) is 7.36. The largest absolute Gasteiger partial charge is 0.365 e. The number of hydrogen-bond acceptors (Lipinski definition) is 5. The van der Waals surface area contributed by atoms with Crippen LogP contribution in [0.1, 0.15) is 69.5 Å². The van der Waals surface area contributed by atoms with Gasteiger partial charge in [-0.25, -0.2) is 4.98 Å². The number of aromatic nitrogens is 3. The van der Waals surface area contributed by atoms with Gasteiger partial charge >= 0.3 is 0 Å². The average molecular weight is 411 g/mol. The molecule has 0 bridgehead atoms. The molecule has 2 saturated heterocycles. The topological polar surface area (TPSA) is 77.2 Å². The highest BCUT2D eigenvalue weighted by Crippen LogP contribution is 2.35. The number of carbonyl (C=O) groups excluding carboxylic acids is 1. The molecule has 30 heavy (non-hydrogen) atoms. The number of fused-ring (bicyclic) bond motifs is 1. The number of amides is 1. The van der Waals surface area contributed by atoms with Gasteiger partial charge in [-0.15, -0.1) is 0 Å². The molecule has 2 aromatic rings. The average Bonchev–Trinajstić information content (AvgIpc) is 3.50. The first-order chi connectivity index (χ1) is 14.7. The summed E-state index contributed by atoms with van der Waals surface area (Å²) in [6.07, 6.45) is 10.1. The van der Waals surface area contributed by atoms with Crippen molar-refractivity contribution in [1.82, 2.24) is 25.0 Å². The minimum atomic E-state index is 0.108. The number of nitrogens with one attached hydrogen (secondary N) is 2. The fourth-order valence-electron chi connectivity index (χ4n) is 5.51. The molecule has 7 nitrogen and oxygen atoms in total. The molecule has 4 heterocycles. The fraction of sp³-hybridized carbons (Fsp3) is 0.696. The van der Waals surface area contributed by atoms with Crippen molar-refractivity contribution >= 4 is 22.8 Å². The molecule has 3 fully saturated rings. The zero-order chi connectivity index (χ0) is 20.5. The lowest BCUT2D eigenvalue weighted by atomic mass is 10.0. The van der Waals surface area contributed by atoms with Crippen LogP contribution in [0.4, 0.5) is 5.82 Å². The Labute approximate surface area is 178 Å². The minimum absolute atomic E-state index is 0.108. The third kappa shape index (κ3) is 4.04. The van der Waals surface area contributed by atoms with Gasteiger partial charge in [0, 0.05) is 19.0 Å². The van der Waals surface area contributed by atoms with Crippen molar-refractivity contribution in [1.29, 1.82) is 0 Å². The number of carbonyl (C=O) groups is 1. The summed E-state index contributed by atoms with van der Waals surface area (Å²) < 4.78 is 0. The number of anilines is 1. The van der Waals surface area contributed by atoms with E-state index >= 15 is 0 Å². The van der Waals surface area contributed by atoms with Crippen LogP contribution >= 0.6 is 0 Å². The van der Waals surface area contributed by atoms with E-state index in [-0.39, 0.29) is 6.04 Å². The third-order valence-corrected chi connectivity index (χ3v) is 7.36. The quantitative estimate of drug-likeness (QED) is 0.786. The Morgan fingerprint density at radius 2 is 1.90 bits per heavy atom. The highest BCUT2D eigenvalue weighted by molar-refractivity contribution is 5.87. The van der Waals surface area contributed by atoms with Crippen molar-refractivity contribution < 1.29 is 4.79 Å². The van der Waals surface area contributed by atoms with Crippen LogP contribution in [0.25, 0.3) is 11.0 Å². The molecular weight excluding hydrogens is 376 g/mol. The number of piperidine rings is 1. The Hall–Kier alpha value is -2.15. The van der Waals surface area contributed by atoms with E-state index in [2.05, 4.69) is 44.5 Å². The maximum absolute atomic E-state index is 13.0. The van der Waals surface area contributed by atoms with E-state index in [1.807, 2.05) is 0 Å². The number of nitrogens with zero attached hydrogens (tertiary/aromatic N) is 4. The standard InChI is InChI=1S/C23H34N6O/c1-28-13-10-17(11-14-28)24-22-18-8-9-19(25-23(18)27-26-22)20-7-4-12-29(20)21(30)15-16-5-2-3-6-16/h8-9,16-17,20H,2-7,10-15H2,1H3,(H2,24,25,26,27). The van der Waals surface area contributed by atoms with Crippen molar-refractivity contribution in [2.24, 2.45) is 5.92 Å². The van der Waals surface area contributed by atoms with E-state index in [9.17, 15) is 4.79 Å². The van der Waals surface area contributed by atoms with Gasteiger partial charge in [0.1, 0.15) is 0 Å². The molecule has 2 aliphatic heterocycles. The van der Waals surface area contributed by atoms with E-state index in [4.69, 9.17) is 4.98 Å². The summed E-state index contributed by atoms with van der Waals surface area (Å²) in [6, 6.07) is 4.79. The van der Waals surface area contributed by atoms with E-state index in [0.717, 1.165) is 67.9 Å². The molecule has 1 atom stereocenters. The maximum atomic E-state index is 13.0. The summed E-state index contributed by atoms with van der Waals surface area (Å²) >= 11 is 0. The molecule has 3 aliphatic rings. The molecule has 5 rings (SSSR count). The lowest BCUT2D eigenvalue weighted by molar-refractivity contribution is -0.133. The first kappa shape index (κ1) is 19.8. The lowest BCUT2D eigenvalue weighted by Crippen LogP contribution is -2.36. The second kappa shape index (κ2) is 8.53. The van der Waals surface area contributed by atoms with Crippen LogP contribution in [0.15, 0.2) is 12.1 Å². The lowest BCUT2D eigenvalue weighted by Gasteiger charge is -2.29. The van der Waals surface area contributed by atoms with Gasteiger partial charge in [-0.2, -0.15) is 5.10 Å². The molecule has 7 heteroatoms. The molecule has 2 N–H and O–H groups in total. The highest BCUT2D eigenvalue weighted by atomic mass is 16.2. The van der Waals surface area contributed by atoms with Gasteiger partial charge in [0.05, 0.1) is 17.1 Å². The van der Waals surface area contributed by atoms with E-state index in [1.54, 1.807) is 0 Å². The molecule has 1 unspecified atom stereocenters. The van der Waals surface area contributed by atoms with Crippen LogP contribution in [0.3, 0.4) is 0 Å². The Balaban J connectivity index is 1.29. The second-order valence-electron chi connectivity index (χ2n) is 9.53. The Kier molecular flexibility index (Phi) is 5.63. The molecule has 1 amide bonds. The minimum Gasteiger partial charge on any atom is -0.365 e. The van der Waals surface area contributed by atoms with Gasteiger partial charge in [-0.1, -0.05) is 12.8 Å². The summed E-state index contributed by atoms with van der Waals surface area (Å²) in [4.78, 5) is 22.3. The molecule has 0 radical (unpaired) electrons. The summed E-state index contributed by atoms with van der Waals surface area (Å²) in [5.41, 5.74) is 1.81. The van der Waals surface area contributed by atoms with Crippen LogP contribution in [0.5, 0.6) is 0 Å². The van der Waals surface area contributed by atoms with Gasteiger partial charge in [-0.05, 0) is 76.7 Å². The van der Waals surface area contributed by atoms with Crippen LogP contribution in [-0.2, 0) is 4.79 Å². The molecular formula is C23H34N6O. The molecule has 2 aromatic heterocycles. The normalized spacial score (nSPS) is 24.2. The van der Waals surface area contributed by atoms with Crippen molar-refractivity contribution in [2.45, 2.75) is 69.9 Å². The van der Waals surface area contributed by atoms with Gasteiger partial charge < -0.3 is 15.1 Å². The van der Waals surface area contributed by atoms with Crippen LogP contribution in [0.2, 0.25) is 0 Å². The predicted octanol–water partition coefficient (Wildman–Crippen LogP) is 3.71. The smallest absolute Gasteiger partial charge is 0.223 e. The van der Waals surface area contributed by atoms with Crippen LogP contribution in [0, 0.1) is 5.92 Å². The second-order valence-corrected chi connectivity index (χ2v) is 9.53. The van der Waals surface area contributed by atoms with Crippen molar-refractivity contribution in [2.75, 3.05) is 32.0 Å². The number of rotatable bonds is 5. The SMILES string of the molecule is CN1CCC(Nc2n[nH]c3nc(C4CCCN4C(=O)CC4CCCC4)ccc23)CC1. The highest BCUT2D eigenvalue weighted by Gasteiger charge is 2.32. The summed E-state index contributed by atoms with van der Waals surface area (Å²) in [5, 5.41) is 12.3. The number of hydrogen-bond donors (Lipinski definition) is 2. The van der Waals surface area contributed by atoms with Crippen molar-refractivity contribution in [3.63, 3.8) is 0 Å². The number of H-pyrrole nitrogens is 1. The van der Waals surface area contributed by atoms with Gasteiger partial charge in [0.25, 0.3) is 0 Å². The first-order valence-electron chi connectivity index (χ1n) is 11.8. The number of likely N-dealkylation sites (tertiary alicyclic amines) is 2. The van der Waals surface area contributed by atoms with E-state index < -0.39 is 0 Å². The zero-order valence-electron chi connectivity index (χ0n) is 18.1. The van der Waals surface area contributed by atoms with Crippen molar-refractivity contribution in [3.05, 3.63) is 17.8 Å². The fourth-order valence-corrected chi connectivity index (χ4v) is 5.51. The summed E-state index contributed by atoms with van der Waals surface area (Å²) in [6.45, 7) is 3.10. The first-order valence-corrected chi connectivity index (χ1v) is 11.8. The summed E-state index contributed by atoms with van der Waals surface area (Å²) in [7, 11) is 2.18. The van der Waals surface area contributed by atoms with Gasteiger partial charge in [-0.3, -0.25) is 9.89 Å². The summed E-state index contributed by atoms with van der Waals surface area (Å²) in [5.74, 6) is 1.81. The molecule has 0 spiro atoms. The number of aromatic amines is 1. The molecule has 1 saturated carbocycles. The van der Waals surface area contributed by atoms with E-state index in [1.165, 1.54) is 25.7 Å².